The number of nitrogens with zero attached hydrogens (tertiary/aromatic N) is 1. The number of carboxylic acids is 1. The summed E-state index contributed by atoms with van der Waals surface area (Å²) in [5.41, 5.74) is 5.65. The van der Waals surface area contributed by atoms with Gasteiger partial charge in [0.1, 0.15) is 0 Å². The summed E-state index contributed by atoms with van der Waals surface area (Å²) in [6.45, 7) is 2.26. The second-order valence-electron chi connectivity index (χ2n) is 8.77. The fourth-order valence-electron chi connectivity index (χ4n) is 4.05. The highest BCUT2D eigenvalue weighted by molar-refractivity contribution is 6.33. The molecular formula is C29H30ClN5O3. The first-order valence-corrected chi connectivity index (χ1v) is 12.8. The van der Waals surface area contributed by atoms with Gasteiger partial charge in [-0.05, 0) is 47.9 Å². The van der Waals surface area contributed by atoms with Crippen molar-refractivity contribution >= 4 is 29.2 Å². The molecule has 38 heavy (non-hydrogen) atoms. The average Bonchev–Trinajstić information content (AvgIpc) is 3.46. The molecule has 8 nitrogen and oxygen atoms in total. The number of aromatic amines is 1. The Balaban J connectivity index is 1.15. The van der Waals surface area contributed by atoms with Gasteiger partial charge in [0, 0.05) is 60.6 Å². The normalized spacial score (nSPS) is 10.8. The van der Waals surface area contributed by atoms with Gasteiger partial charge in [0.25, 0.3) is 0 Å². The van der Waals surface area contributed by atoms with Crippen LogP contribution in [0.3, 0.4) is 0 Å². The number of H-pyrrole nitrogens is 1. The summed E-state index contributed by atoms with van der Waals surface area (Å²) in [4.78, 5) is 23.6. The highest BCUT2D eigenvalue weighted by Crippen LogP contribution is 2.29. The van der Waals surface area contributed by atoms with Gasteiger partial charge in [0.05, 0.1) is 11.3 Å². The number of aromatic nitrogens is 2. The number of carboxylic acid groups (broad SMARTS) is 1. The molecule has 0 bridgehead atoms. The monoisotopic (exact) mass is 531 g/mol. The maximum Gasteiger partial charge on any atom is 0.335 e. The Kier molecular flexibility index (Phi) is 9.50. The van der Waals surface area contributed by atoms with Crippen molar-refractivity contribution in [3.63, 3.8) is 0 Å². The molecule has 0 radical (unpaired) electrons. The van der Waals surface area contributed by atoms with Crippen LogP contribution in [0.4, 0.5) is 5.69 Å². The molecule has 0 saturated heterocycles. The molecule has 1 amide bonds. The van der Waals surface area contributed by atoms with Gasteiger partial charge in [0.15, 0.2) is 0 Å². The number of hydrogen-bond donors (Lipinski definition) is 5. The van der Waals surface area contributed by atoms with E-state index in [2.05, 4.69) is 26.1 Å². The number of anilines is 1. The van der Waals surface area contributed by atoms with Gasteiger partial charge in [-0.15, -0.1) is 0 Å². The highest BCUT2D eigenvalue weighted by Gasteiger charge is 2.11. The minimum atomic E-state index is -0.989. The number of amides is 1. The molecule has 0 atom stereocenters. The predicted octanol–water partition coefficient (Wildman–Crippen LogP) is 5.19. The molecule has 3 aromatic carbocycles. The number of carbonyl (C=O) groups excluding carboxylic acids is 1. The van der Waals surface area contributed by atoms with Crippen LogP contribution in [0.5, 0.6) is 0 Å². The van der Waals surface area contributed by atoms with Crippen LogP contribution in [-0.2, 0) is 11.3 Å². The predicted molar refractivity (Wildman–Crippen MR) is 150 cm³/mol. The quantitative estimate of drug-likeness (QED) is 0.151. The van der Waals surface area contributed by atoms with Crippen LogP contribution < -0.4 is 16.0 Å². The van der Waals surface area contributed by atoms with Gasteiger partial charge >= 0.3 is 5.97 Å². The van der Waals surface area contributed by atoms with E-state index in [9.17, 15) is 14.7 Å². The van der Waals surface area contributed by atoms with Gasteiger partial charge in [-0.1, -0.05) is 54.1 Å². The number of nitrogens with one attached hydrogen (secondary N) is 4. The summed E-state index contributed by atoms with van der Waals surface area (Å²) in [6.07, 6.45) is 2.70. The third kappa shape index (κ3) is 7.44. The Morgan fingerprint density at radius 2 is 1.74 bits per heavy atom. The Morgan fingerprint density at radius 3 is 2.47 bits per heavy atom. The summed E-state index contributed by atoms with van der Waals surface area (Å²) in [5.74, 6) is -1.02. The lowest BCUT2D eigenvalue weighted by atomic mass is 10.0. The van der Waals surface area contributed by atoms with Crippen molar-refractivity contribution in [3.8, 4) is 22.4 Å². The minimum Gasteiger partial charge on any atom is -0.478 e. The van der Waals surface area contributed by atoms with E-state index in [0.29, 0.717) is 49.7 Å². The molecule has 0 unspecified atom stereocenters. The second-order valence-corrected chi connectivity index (χ2v) is 9.18. The van der Waals surface area contributed by atoms with Crippen molar-refractivity contribution in [1.82, 2.24) is 20.8 Å². The third-order valence-electron chi connectivity index (χ3n) is 6.02. The van der Waals surface area contributed by atoms with E-state index in [0.717, 1.165) is 27.9 Å². The fraction of sp³-hybridized carbons (Fsp3) is 0.207. The van der Waals surface area contributed by atoms with Crippen molar-refractivity contribution in [2.75, 3.05) is 25.0 Å². The van der Waals surface area contributed by atoms with Gasteiger partial charge in [-0.2, -0.15) is 5.10 Å². The summed E-state index contributed by atoms with van der Waals surface area (Å²) < 4.78 is 0. The van der Waals surface area contributed by atoms with Gasteiger partial charge in [-0.25, -0.2) is 4.79 Å². The zero-order chi connectivity index (χ0) is 26.7. The van der Waals surface area contributed by atoms with Crippen LogP contribution in [0.15, 0.2) is 79.0 Å². The third-order valence-corrected chi connectivity index (χ3v) is 6.34. The molecule has 0 spiro atoms. The first-order chi connectivity index (χ1) is 18.5. The van der Waals surface area contributed by atoms with Crippen molar-refractivity contribution in [1.29, 1.82) is 0 Å². The summed E-state index contributed by atoms with van der Waals surface area (Å²) in [7, 11) is 0. The molecule has 1 aromatic heterocycles. The Bertz CT molecular complexity index is 1360. The van der Waals surface area contributed by atoms with Crippen molar-refractivity contribution < 1.29 is 14.7 Å². The SMILES string of the molecule is O=C(CCNCc1ccc(-c2ccccc2)c(Cl)c1)NCCCNc1cc(C(=O)O)ccc1-c1ccn[nH]1. The minimum absolute atomic E-state index is 0.0269. The van der Waals surface area contributed by atoms with E-state index in [1.54, 1.807) is 24.4 Å². The maximum atomic E-state index is 12.2. The van der Waals surface area contributed by atoms with Crippen molar-refractivity contribution in [3.05, 3.63) is 95.1 Å². The molecule has 0 saturated carbocycles. The van der Waals surface area contributed by atoms with E-state index in [4.69, 9.17) is 11.6 Å². The second kappa shape index (κ2) is 13.4. The van der Waals surface area contributed by atoms with Crippen LogP contribution >= 0.6 is 11.6 Å². The standard InChI is InChI=1S/C29H30ClN5O3/c30-25-17-20(7-9-23(25)21-5-2-1-3-6-21)19-31-15-12-28(36)33-14-4-13-32-27-18-22(29(37)38)8-10-24(27)26-11-16-34-35-26/h1-3,5-11,16-18,31-32H,4,12-15,19H2,(H,33,36)(H,34,35)(H,37,38). The molecule has 4 rings (SSSR count). The summed E-state index contributed by atoms with van der Waals surface area (Å²) in [5, 5.41) is 26.4. The van der Waals surface area contributed by atoms with E-state index in [-0.39, 0.29) is 11.5 Å². The summed E-state index contributed by atoms with van der Waals surface area (Å²) >= 11 is 6.48. The molecular weight excluding hydrogens is 502 g/mol. The Hall–Kier alpha value is -4.14. The van der Waals surface area contributed by atoms with Crippen LogP contribution in [0.25, 0.3) is 22.4 Å². The van der Waals surface area contributed by atoms with Crippen molar-refractivity contribution in [2.24, 2.45) is 0 Å². The van der Waals surface area contributed by atoms with E-state index in [1.165, 1.54) is 0 Å². The van der Waals surface area contributed by atoms with Crippen LogP contribution in [-0.4, -0.2) is 46.8 Å². The van der Waals surface area contributed by atoms with Crippen LogP contribution in [0, 0.1) is 0 Å². The van der Waals surface area contributed by atoms with Crippen LogP contribution in [0.2, 0.25) is 5.02 Å². The molecule has 9 heteroatoms. The van der Waals surface area contributed by atoms with E-state index in [1.807, 2.05) is 54.6 Å². The number of halogens is 1. The Morgan fingerprint density at radius 1 is 0.921 bits per heavy atom. The van der Waals surface area contributed by atoms with Gasteiger partial charge in [-0.3, -0.25) is 9.89 Å². The fourth-order valence-corrected chi connectivity index (χ4v) is 4.36. The smallest absolute Gasteiger partial charge is 0.335 e. The number of rotatable bonds is 13. The molecule has 5 N–H and O–H groups in total. The van der Waals surface area contributed by atoms with Crippen LogP contribution in [0.1, 0.15) is 28.8 Å². The van der Waals surface area contributed by atoms with E-state index >= 15 is 0 Å². The first kappa shape index (κ1) is 26.9. The number of hydrogen-bond acceptors (Lipinski definition) is 5. The zero-order valence-electron chi connectivity index (χ0n) is 20.8. The largest absolute Gasteiger partial charge is 0.478 e. The summed E-state index contributed by atoms with van der Waals surface area (Å²) in [6, 6.07) is 22.8. The molecule has 196 valence electrons. The molecule has 0 fully saturated rings. The molecule has 0 aliphatic rings. The number of carbonyl (C=O) groups is 2. The lowest BCUT2D eigenvalue weighted by Crippen LogP contribution is -2.29. The molecule has 1 heterocycles. The molecule has 0 aliphatic heterocycles. The van der Waals surface area contributed by atoms with Gasteiger partial charge in [0.2, 0.25) is 5.91 Å². The Labute approximate surface area is 226 Å². The number of aromatic carboxylic acids is 1. The van der Waals surface area contributed by atoms with Gasteiger partial charge < -0.3 is 21.1 Å². The number of benzene rings is 3. The molecule has 0 aliphatic carbocycles. The average molecular weight is 532 g/mol. The van der Waals surface area contributed by atoms with E-state index < -0.39 is 5.97 Å². The zero-order valence-corrected chi connectivity index (χ0v) is 21.6. The first-order valence-electron chi connectivity index (χ1n) is 12.4. The topological polar surface area (TPSA) is 119 Å². The van der Waals surface area contributed by atoms with Crippen molar-refractivity contribution in [2.45, 2.75) is 19.4 Å². The highest BCUT2D eigenvalue weighted by atomic mass is 35.5. The lowest BCUT2D eigenvalue weighted by molar-refractivity contribution is -0.121. The molecule has 4 aromatic rings. The maximum absolute atomic E-state index is 12.2. The lowest BCUT2D eigenvalue weighted by Gasteiger charge is -2.13.